The summed E-state index contributed by atoms with van der Waals surface area (Å²) in [6, 6.07) is 1.24. The van der Waals surface area contributed by atoms with Gasteiger partial charge in [0.05, 0.1) is 24.9 Å². The highest BCUT2D eigenvalue weighted by molar-refractivity contribution is 5.76. The molecule has 1 aliphatic carbocycles. The minimum atomic E-state index is -1.06. The third kappa shape index (κ3) is 4.74. The number of aliphatic hydroxyl groups is 1. The molecule has 0 bridgehead atoms. The predicted octanol–water partition coefficient (Wildman–Crippen LogP) is 4.30. The van der Waals surface area contributed by atoms with Crippen LogP contribution in [0.25, 0.3) is 11.2 Å². The van der Waals surface area contributed by atoms with Crippen molar-refractivity contribution < 1.29 is 23.0 Å². The van der Waals surface area contributed by atoms with E-state index in [0.29, 0.717) is 48.9 Å². The minimum Gasteiger partial charge on any atom is -0.393 e. The molecule has 2 fully saturated rings. The number of nitrogens with one attached hydrogen (secondary N) is 2. The molecule has 1 aromatic carbocycles. The molecule has 2 aromatic heterocycles. The van der Waals surface area contributed by atoms with Crippen molar-refractivity contribution in [2.24, 2.45) is 0 Å². The molecule has 1 saturated carbocycles. The molecule has 8 nitrogen and oxygen atoms in total. The first-order chi connectivity index (χ1) is 15.5. The highest BCUT2D eigenvalue weighted by atomic mass is 19.1. The van der Waals surface area contributed by atoms with E-state index in [1.165, 1.54) is 0 Å². The molecule has 2 aliphatic rings. The maximum atomic E-state index is 14.3. The van der Waals surface area contributed by atoms with Crippen LogP contribution in [0.2, 0.25) is 0 Å². The number of aliphatic hydroxyl groups excluding tert-OH is 1. The van der Waals surface area contributed by atoms with E-state index in [0.717, 1.165) is 25.7 Å². The van der Waals surface area contributed by atoms with Gasteiger partial charge in [-0.15, -0.1) is 0 Å². The van der Waals surface area contributed by atoms with Crippen molar-refractivity contribution in [1.29, 1.82) is 0 Å². The Hall–Kier alpha value is -2.92. The Morgan fingerprint density at radius 2 is 1.76 bits per heavy atom. The Morgan fingerprint density at radius 3 is 2.42 bits per heavy atom. The number of nitrogens with zero attached hydrogens (tertiary/aromatic N) is 4. The fourth-order valence-electron chi connectivity index (χ4n) is 4.30. The molecule has 33 heavy (non-hydrogen) atoms. The zero-order chi connectivity index (χ0) is 22.2. The number of aromatic nitrogens is 4. The van der Waals surface area contributed by atoms with Crippen molar-refractivity contribution >= 4 is 28.7 Å². The first-order valence-corrected chi connectivity index (χ1v) is 10.7. The quantitative estimate of drug-likeness (QED) is 0.518. The normalized spacial score (nSPS) is 22.8. The maximum Gasteiger partial charge on any atom is 0.224 e. The van der Waals surface area contributed by atoms with Crippen LogP contribution in [0.5, 0.6) is 0 Å². The maximum absolute atomic E-state index is 14.3. The monoisotopic (exact) mass is 464 g/mol. The standard InChI is InChI=1S/C21H23F3N6O2.CH4/c22-11-7-15(23)18(16(24)8-11)28-21-27-17-9-25-20(26-12-1-3-14(31)4-2-12)29-19(17)30(21)13-5-6-32-10-13;/h7-9,12-14,31H,1-6,10H2,(H,27,28)(H,25,26,29);1H4. The van der Waals surface area contributed by atoms with Gasteiger partial charge < -0.3 is 20.5 Å². The van der Waals surface area contributed by atoms with Gasteiger partial charge >= 0.3 is 0 Å². The smallest absolute Gasteiger partial charge is 0.224 e. The number of rotatable bonds is 5. The van der Waals surface area contributed by atoms with Gasteiger partial charge in [-0.1, -0.05) is 7.43 Å². The van der Waals surface area contributed by atoms with Crippen molar-refractivity contribution in [3.8, 4) is 0 Å². The lowest BCUT2D eigenvalue weighted by Crippen LogP contribution is -2.29. The molecule has 178 valence electrons. The first-order valence-electron chi connectivity index (χ1n) is 10.7. The Kier molecular flexibility index (Phi) is 6.71. The van der Waals surface area contributed by atoms with Crippen LogP contribution in [-0.4, -0.2) is 50.0 Å². The second-order valence-electron chi connectivity index (χ2n) is 8.24. The van der Waals surface area contributed by atoms with Crippen molar-refractivity contribution in [3.05, 3.63) is 35.8 Å². The molecule has 3 aromatic rings. The number of halogens is 3. The minimum absolute atomic E-state index is 0. The summed E-state index contributed by atoms with van der Waals surface area (Å²) in [7, 11) is 0. The van der Waals surface area contributed by atoms with Crippen LogP contribution >= 0.6 is 0 Å². The van der Waals surface area contributed by atoms with Crippen LogP contribution in [0.3, 0.4) is 0 Å². The van der Waals surface area contributed by atoms with Gasteiger partial charge in [-0.05, 0) is 32.1 Å². The first kappa shape index (κ1) is 23.2. The van der Waals surface area contributed by atoms with Gasteiger partial charge in [0.2, 0.25) is 11.9 Å². The average Bonchev–Trinajstić information content (AvgIpc) is 3.39. The van der Waals surface area contributed by atoms with Crippen LogP contribution < -0.4 is 10.6 Å². The summed E-state index contributed by atoms with van der Waals surface area (Å²) in [5.74, 6) is -2.52. The SMILES string of the molecule is C.OC1CCC(Nc2ncc3nc(Nc4c(F)cc(F)cc4F)n(C4CCOC4)c3n2)CC1. The van der Waals surface area contributed by atoms with E-state index in [2.05, 4.69) is 25.6 Å². The van der Waals surface area contributed by atoms with Gasteiger partial charge in [-0.2, -0.15) is 4.98 Å². The predicted molar refractivity (Wildman–Crippen MR) is 118 cm³/mol. The second kappa shape index (κ2) is 9.52. The summed E-state index contributed by atoms with van der Waals surface area (Å²) >= 11 is 0. The third-order valence-corrected chi connectivity index (χ3v) is 5.98. The second-order valence-corrected chi connectivity index (χ2v) is 8.24. The van der Waals surface area contributed by atoms with Crippen molar-refractivity contribution in [3.63, 3.8) is 0 Å². The number of hydrogen-bond donors (Lipinski definition) is 3. The number of benzene rings is 1. The van der Waals surface area contributed by atoms with Gasteiger partial charge in [0, 0.05) is 24.8 Å². The molecule has 1 atom stereocenters. The van der Waals surface area contributed by atoms with Crippen molar-refractivity contribution in [1.82, 2.24) is 19.5 Å². The molecule has 1 saturated heterocycles. The largest absolute Gasteiger partial charge is 0.393 e. The molecular formula is C22H27F3N6O2. The van der Waals surface area contributed by atoms with Crippen molar-refractivity contribution in [2.75, 3.05) is 23.8 Å². The lowest BCUT2D eigenvalue weighted by atomic mass is 9.93. The molecule has 3 heterocycles. The number of imidazole rings is 1. The van der Waals surface area contributed by atoms with E-state index in [-0.39, 0.29) is 31.6 Å². The Labute approximate surface area is 189 Å². The van der Waals surface area contributed by atoms with Gasteiger partial charge in [0.15, 0.2) is 17.3 Å². The van der Waals surface area contributed by atoms with Gasteiger partial charge in [0.25, 0.3) is 0 Å². The number of anilines is 3. The van der Waals surface area contributed by atoms with Gasteiger partial charge in [-0.25, -0.2) is 23.1 Å². The van der Waals surface area contributed by atoms with Gasteiger partial charge in [0.1, 0.15) is 17.0 Å². The molecule has 5 rings (SSSR count). The Balaban J connectivity index is 0.00000259. The molecule has 0 spiro atoms. The zero-order valence-corrected chi connectivity index (χ0v) is 17.2. The summed E-state index contributed by atoms with van der Waals surface area (Å²) in [5.41, 5.74) is 0.458. The highest BCUT2D eigenvalue weighted by Gasteiger charge is 2.27. The van der Waals surface area contributed by atoms with Crippen LogP contribution in [0.1, 0.15) is 45.6 Å². The fraction of sp³-hybridized carbons (Fsp3) is 0.500. The van der Waals surface area contributed by atoms with Crippen LogP contribution in [-0.2, 0) is 4.74 Å². The van der Waals surface area contributed by atoms with Crippen LogP contribution in [0, 0.1) is 17.5 Å². The molecule has 1 aliphatic heterocycles. The third-order valence-electron chi connectivity index (χ3n) is 5.98. The molecular weight excluding hydrogens is 437 g/mol. The zero-order valence-electron chi connectivity index (χ0n) is 17.2. The average molecular weight is 464 g/mol. The lowest BCUT2D eigenvalue weighted by Gasteiger charge is -2.26. The summed E-state index contributed by atoms with van der Waals surface area (Å²) in [6.45, 7) is 0.950. The Morgan fingerprint density at radius 1 is 1.03 bits per heavy atom. The van der Waals surface area contributed by atoms with E-state index in [1.807, 2.05) is 0 Å². The van der Waals surface area contributed by atoms with E-state index >= 15 is 0 Å². The van der Waals surface area contributed by atoms with E-state index in [1.54, 1.807) is 10.8 Å². The van der Waals surface area contributed by atoms with Crippen molar-refractivity contribution in [2.45, 2.75) is 57.7 Å². The lowest BCUT2D eigenvalue weighted by molar-refractivity contribution is 0.126. The van der Waals surface area contributed by atoms with E-state index in [9.17, 15) is 18.3 Å². The molecule has 3 N–H and O–H groups in total. The van der Waals surface area contributed by atoms with E-state index < -0.39 is 23.1 Å². The molecule has 1 unspecified atom stereocenters. The number of ether oxygens (including phenoxy) is 1. The Bertz CT molecular complexity index is 1100. The van der Waals surface area contributed by atoms with Gasteiger partial charge in [-0.3, -0.25) is 4.57 Å². The highest BCUT2D eigenvalue weighted by Crippen LogP contribution is 2.32. The number of fused-ring (bicyclic) bond motifs is 1. The molecule has 11 heteroatoms. The molecule has 0 radical (unpaired) electrons. The number of hydrogen-bond acceptors (Lipinski definition) is 7. The van der Waals surface area contributed by atoms with E-state index in [4.69, 9.17) is 4.74 Å². The topological polar surface area (TPSA) is 97.1 Å². The summed E-state index contributed by atoms with van der Waals surface area (Å²) in [5, 5.41) is 15.7. The van der Waals surface area contributed by atoms with Crippen LogP contribution in [0.15, 0.2) is 18.3 Å². The summed E-state index contributed by atoms with van der Waals surface area (Å²) < 4.78 is 49.1. The summed E-state index contributed by atoms with van der Waals surface area (Å²) in [4.78, 5) is 13.4. The summed E-state index contributed by atoms with van der Waals surface area (Å²) in [6.07, 6.45) is 5.04. The fourth-order valence-corrected chi connectivity index (χ4v) is 4.30. The van der Waals surface area contributed by atoms with Crippen LogP contribution in [0.4, 0.5) is 30.8 Å². The molecule has 0 amide bonds.